The third kappa shape index (κ3) is 5.03. The van der Waals surface area contributed by atoms with Crippen molar-refractivity contribution in [1.29, 1.82) is 0 Å². The Labute approximate surface area is 208 Å². The zero-order valence-corrected chi connectivity index (χ0v) is 20.4. The summed E-state index contributed by atoms with van der Waals surface area (Å²) >= 11 is 0. The maximum absolute atomic E-state index is 13.0. The lowest BCUT2D eigenvalue weighted by Crippen LogP contribution is -2.13. The highest BCUT2D eigenvalue weighted by atomic mass is 32.2. The largest absolute Gasteiger partial charge is 0.494 e. The van der Waals surface area contributed by atoms with Gasteiger partial charge in [0.15, 0.2) is 11.5 Å². The van der Waals surface area contributed by atoms with Crippen molar-refractivity contribution in [2.24, 2.45) is 0 Å². The number of pyridine rings is 1. The number of benzene rings is 2. The molecule has 0 bridgehead atoms. The van der Waals surface area contributed by atoms with E-state index in [9.17, 15) is 8.42 Å². The maximum atomic E-state index is 13.0. The van der Waals surface area contributed by atoms with E-state index in [2.05, 4.69) is 26.8 Å². The topological polar surface area (TPSA) is 111 Å². The number of sulfonamides is 1. The Morgan fingerprint density at radius 3 is 2.56 bits per heavy atom. The van der Waals surface area contributed by atoms with Gasteiger partial charge in [-0.25, -0.2) is 8.42 Å². The van der Waals surface area contributed by atoms with Crippen molar-refractivity contribution in [3.63, 3.8) is 0 Å². The van der Waals surface area contributed by atoms with E-state index in [1.54, 1.807) is 47.2 Å². The van der Waals surface area contributed by atoms with Gasteiger partial charge in [-0.15, -0.1) is 10.2 Å². The summed E-state index contributed by atoms with van der Waals surface area (Å²) in [5, 5.41) is 13.1. The van der Waals surface area contributed by atoms with Crippen LogP contribution in [0.4, 0.5) is 5.69 Å². The number of hydrogen-bond donors (Lipinski definition) is 1. The van der Waals surface area contributed by atoms with Crippen LogP contribution >= 0.6 is 0 Å². The van der Waals surface area contributed by atoms with E-state index in [4.69, 9.17) is 9.84 Å². The standard InChI is InChI=1S/C26H24N6O3S/c1-2-3-16-35-22-9-11-23(12-10-22)36(33,34)31-21-8-4-6-19(17-21)24-13-14-25-28-29-26(32(25)30-24)20-7-5-15-27-18-20/h4-15,17-18,31H,2-3,16H2,1H3. The molecule has 0 saturated carbocycles. The van der Waals surface area contributed by atoms with Crippen molar-refractivity contribution >= 4 is 21.4 Å². The van der Waals surface area contributed by atoms with Crippen molar-refractivity contribution in [2.45, 2.75) is 24.7 Å². The quantitative estimate of drug-likeness (QED) is 0.288. The molecule has 0 fully saturated rings. The van der Waals surface area contributed by atoms with Gasteiger partial charge < -0.3 is 4.74 Å². The summed E-state index contributed by atoms with van der Waals surface area (Å²) in [6.45, 7) is 2.69. The Hall–Kier alpha value is -4.31. The van der Waals surface area contributed by atoms with Crippen LogP contribution < -0.4 is 9.46 Å². The lowest BCUT2D eigenvalue weighted by molar-refractivity contribution is 0.309. The summed E-state index contributed by atoms with van der Waals surface area (Å²) in [7, 11) is -3.78. The third-order valence-electron chi connectivity index (χ3n) is 5.49. The number of ether oxygens (including phenoxy) is 1. The first-order valence-corrected chi connectivity index (χ1v) is 13.0. The Kier molecular flexibility index (Phi) is 6.59. The fourth-order valence-electron chi connectivity index (χ4n) is 3.62. The molecule has 3 aromatic heterocycles. The van der Waals surface area contributed by atoms with Crippen LogP contribution in [0.3, 0.4) is 0 Å². The van der Waals surface area contributed by atoms with Crippen LogP contribution in [0.15, 0.2) is 90.1 Å². The van der Waals surface area contributed by atoms with Crippen molar-refractivity contribution < 1.29 is 13.2 Å². The summed E-state index contributed by atoms with van der Waals surface area (Å²) in [5.41, 5.74) is 3.19. The minimum absolute atomic E-state index is 0.154. The van der Waals surface area contributed by atoms with Gasteiger partial charge >= 0.3 is 0 Å². The second-order valence-electron chi connectivity index (χ2n) is 8.11. The summed E-state index contributed by atoms with van der Waals surface area (Å²) in [4.78, 5) is 4.29. The van der Waals surface area contributed by atoms with Crippen molar-refractivity contribution in [3.8, 4) is 28.4 Å². The highest BCUT2D eigenvalue weighted by Crippen LogP contribution is 2.25. The predicted molar refractivity (Wildman–Crippen MR) is 137 cm³/mol. The molecule has 0 saturated heterocycles. The Morgan fingerprint density at radius 1 is 0.944 bits per heavy atom. The molecule has 0 unspecified atom stereocenters. The molecule has 0 aliphatic rings. The molecular weight excluding hydrogens is 476 g/mol. The number of anilines is 1. The van der Waals surface area contributed by atoms with Gasteiger partial charge in [-0.2, -0.15) is 9.61 Å². The molecule has 2 aromatic carbocycles. The monoisotopic (exact) mass is 500 g/mol. The van der Waals surface area contributed by atoms with Gasteiger partial charge in [0, 0.05) is 29.2 Å². The summed E-state index contributed by atoms with van der Waals surface area (Å²) in [6, 6.07) is 20.8. The first-order chi connectivity index (χ1) is 17.5. The minimum Gasteiger partial charge on any atom is -0.494 e. The van der Waals surface area contributed by atoms with Gasteiger partial charge in [-0.1, -0.05) is 25.5 Å². The third-order valence-corrected chi connectivity index (χ3v) is 6.89. The highest BCUT2D eigenvalue weighted by molar-refractivity contribution is 7.92. The molecule has 0 spiro atoms. The number of unbranched alkanes of at least 4 members (excludes halogenated alkanes) is 1. The molecule has 0 aliphatic carbocycles. The SMILES string of the molecule is CCCCOc1ccc(S(=O)(=O)Nc2cccc(-c3ccc4nnc(-c5cccnc5)n4n3)c2)cc1. The number of rotatable bonds is 9. The Balaban J connectivity index is 1.39. The van der Waals surface area contributed by atoms with Crippen LogP contribution in [-0.2, 0) is 10.0 Å². The molecule has 0 amide bonds. The Morgan fingerprint density at radius 2 is 1.78 bits per heavy atom. The maximum Gasteiger partial charge on any atom is 0.261 e. The smallest absolute Gasteiger partial charge is 0.261 e. The molecule has 1 N–H and O–H groups in total. The predicted octanol–water partition coefficient (Wildman–Crippen LogP) is 4.83. The molecule has 182 valence electrons. The van der Waals surface area contributed by atoms with Gasteiger partial charge in [0.05, 0.1) is 17.2 Å². The minimum atomic E-state index is -3.78. The highest BCUT2D eigenvalue weighted by Gasteiger charge is 2.16. The van der Waals surface area contributed by atoms with E-state index in [1.807, 2.05) is 30.3 Å². The molecule has 5 aromatic rings. The fourth-order valence-corrected chi connectivity index (χ4v) is 4.67. The summed E-state index contributed by atoms with van der Waals surface area (Å²) in [5.74, 6) is 1.21. The van der Waals surface area contributed by atoms with E-state index < -0.39 is 10.0 Å². The van der Waals surface area contributed by atoms with E-state index in [1.165, 1.54) is 12.1 Å². The van der Waals surface area contributed by atoms with E-state index in [-0.39, 0.29) is 4.90 Å². The number of nitrogens with zero attached hydrogens (tertiary/aromatic N) is 5. The van der Waals surface area contributed by atoms with Gasteiger partial charge in [0.1, 0.15) is 5.75 Å². The van der Waals surface area contributed by atoms with Gasteiger partial charge in [-0.05, 0) is 67.1 Å². The number of fused-ring (bicyclic) bond motifs is 1. The number of nitrogens with one attached hydrogen (secondary N) is 1. The second-order valence-corrected chi connectivity index (χ2v) is 9.80. The number of hydrogen-bond acceptors (Lipinski definition) is 7. The molecule has 5 rings (SSSR count). The van der Waals surface area contributed by atoms with Crippen LogP contribution in [0.5, 0.6) is 5.75 Å². The van der Waals surface area contributed by atoms with E-state index >= 15 is 0 Å². The fraction of sp³-hybridized carbons (Fsp3) is 0.154. The van der Waals surface area contributed by atoms with Crippen molar-refractivity contribution in [1.82, 2.24) is 24.8 Å². The van der Waals surface area contributed by atoms with Gasteiger partial charge in [0.2, 0.25) is 0 Å². The first kappa shape index (κ1) is 23.4. The zero-order chi connectivity index (χ0) is 25.0. The second kappa shape index (κ2) is 10.1. The summed E-state index contributed by atoms with van der Waals surface area (Å²) < 4.78 is 35.9. The van der Waals surface area contributed by atoms with E-state index in [0.29, 0.717) is 35.2 Å². The van der Waals surface area contributed by atoms with Crippen LogP contribution in [0.2, 0.25) is 0 Å². The summed E-state index contributed by atoms with van der Waals surface area (Å²) in [6.07, 6.45) is 5.36. The van der Waals surface area contributed by atoms with Gasteiger partial charge in [-0.3, -0.25) is 9.71 Å². The molecule has 0 radical (unpaired) electrons. The lowest BCUT2D eigenvalue weighted by Gasteiger charge is -2.11. The van der Waals surface area contributed by atoms with E-state index in [0.717, 1.165) is 24.0 Å². The molecule has 9 nitrogen and oxygen atoms in total. The van der Waals surface area contributed by atoms with Crippen molar-refractivity contribution in [3.05, 3.63) is 85.2 Å². The van der Waals surface area contributed by atoms with Crippen molar-refractivity contribution in [2.75, 3.05) is 11.3 Å². The first-order valence-electron chi connectivity index (χ1n) is 11.5. The average molecular weight is 501 g/mol. The molecule has 10 heteroatoms. The van der Waals surface area contributed by atoms with Crippen LogP contribution in [0, 0.1) is 0 Å². The van der Waals surface area contributed by atoms with Crippen LogP contribution in [-0.4, -0.2) is 39.8 Å². The molecule has 0 aliphatic heterocycles. The Bertz CT molecular complexity index is 1590. The average Bonchev–Trinajstić information content (AvgIpc) is 3.33. The molecule has 3 heterocycles. The lowest BCUT2D eigenvalue weighted by atomic mass is 10.1. The van der Waals surface area contributed by atoms with Gasteiger partial charge in [0.25, 0.3) is 10.0 Å². The van der Waals surface area contributed by atoms with Crippen LogP contribution in [0.1, 0.15) is 19.8 Å². The molecular formula is C26H24N6O3S. The molecule has 36 heavy (non-hydrogen) atoms. The zero-order valence-electron chi connectivity index (χ0n) is 19.6. The normalized spacial score (nSPS) is 11.5. The van der Waals surface area contributed by atoms with Crippen LogP contribution in [0.25, 0.3) is 28.3 Å². The number of aromatic nitrogens is 5. The molecule has 0 atom stereocenters.